The van der Waals surface area contributed by atoms with E-state index in [9.17, 15) is 0 Å². The van der Waals surface area contributed by atoms with E-state index >= 15 is 0 Å². The summed E-state index contributed by atoms with van der Waals surface area (Å²) in [6.45, 7) is 0. The van der Waals surface area contributed by atoms with Crippen LogP contribution in [0.25, 0.3) is 0 Å². The minimum atomic E-state index is 0.975. The number of rotatable bonds is 0. The zero-order valence-corrected chi connectivity index (χ0v) is 15.9. The van der Waals surface area contributed by atoms with E-state index in [2.05, 4.69) is 55.5 Å². The van der Waals surface area contributed by atoms with Gasteiger partial charge in [-0.25, -0.2) is 0 Å². The third-order valence-corrected chi connectivity index (χ3v) is 4.22. The van der Waals surface area contributed by atoms with Crippen molar-refractivity contribution in [2.75, 3.05) is 0 Å². The summed E-state index contributed by atoms with van der Waals surface area (Å²) >= 11 is 6.91. The van der Waals surface area contributed by atoms with Crippen LogP contribution >= 0.6 is 31.9 Å². The van der Waals surface area contributed by atoms with E-state index in [0.717, 1.165) is 31.2 Å². The Labute approximate surface area is 159 Å². The van der Waals surface area contributed by atoms with Crippen LogP contribution in [0.15, 0.2) is 81.7 Å². The highest BCUT2D eigenvalue weighted by atomic mass is 79.9. The number of hydrogen-bond donors (Lipinski definition) is 0. The highest BCUT2D eigenvalue weighted by Crippen LogP contribution is 2.12. The van der Waals surface area contributed by atoms with Gasteiger partial charge in [0.1, 0.15) is 0 Å². The minimum absolute atomic E-state index is 0.975. The van der Waals surface area contributed by atoms with Crippen molar-refractivity contribution in [3.05, 3.63) is 104 Å². The molecule has 3 rings (SSSR count). The van der Waals surface area contributed by atoms with Gasteiger partial charge in [-0.2, -0.15) is 0 Å². The van der Waals surface area contributed by atoms with Crippen LogP contribution < -0.4 is 0 Å². The Bertz CT molecular complexity index is 895. The predicted molar refractivity (Wildman–Crippen MR) is 107 cm³/mol. The van der Waals surface area contributed by atoms with Crippen molar-refractivity contribution < 1.29 is 0 Å². The van der Waals surface area contributed by atoms with Gasteiger partial charge >= 0.3 is 0 Å². The minimum Gasteiger partial charge on any atom is -0.0617 e. The summed E-state index contributed by atoms with van der Waals surface area (Å²) in [5.74, 6) is 12.7. The first kappa shape index (κ1) is 16.6. The van der Waals surface area contributed by atoms with Crippen LogP contribution in [-0.2, 0) is 0 Å². The second kappa shape index (κ2) is 8.02. The van der Waals surface area contributed by atoms with Crippen molar-refractivity contribution in [2.45, 2.75) is 0 Å². The topological polar surface area (TPSA) is 0 Å². The second-order valence-corrected chi connectivity index (χ2v) is 6.93. The third-order valence-electron chi connectivity index (χ3n) is 3.24. The molecule has 0 amide bonds. The lowest BCUT2D eigenvalue weighted by Crippen LogP contribution is -1.79. The van der Waals surface area contributed by atoms with Gasteiger partial charge in [-0.1, -0.05) is 67.7 Å². The fourth-order valence-electron chi connectivity index (χ4n) is 2.06. The fourth-order valence-corrected chi connectivity index (χ4v) is 2.86. The lowest BCUT2D eigenvalue weighted by atomic mass is 10.1. The van der Waals surface area contributed by atoms with Gasteiger partial charge in [0.15, 0.2) is 0 Å². The van der Waals surface area contributed by atoms with Gasteiger partial charge in [-0.05, 0) is 60.7 Å². The molecule has 24 heavy (non-hydrogen) atoms. The average molecular weight is 436 g/mol. The Balaban J connectivity index is 1.75. The highest BCUT2D eigenvalue weighted by Gasteiger charge is 1.92. The molecule has 2 heteroatoms. The monoisotopic (exact) mass is 434 g/mol. The summed E-state index contributed by atoms with van der Waals surface area (Å²) in [6, 6.07) is 23.9. The normalized spacial score (nSPS) is 9.42. The first-order chi connectivity index (χ1) is 11.7. The van der Waals surface area contributed by atoms with E-state index in [4.69, 9.17) is 0 Å². The van der Waals surface area contributed by atoms with Gasteiger partial charge < -0.3 is 0 Å². The van der Waals surface area contributed by atoms with Crippen molar-refractivity contribution in [1.29, 1.82) is 0 Å². The molecule has 0 N–H and O–H groups in total. The molecular weight excluding hydrogens is 424 g/mol. The zero-order valence-electron chi connectivity index (χ0n) is 12.7. The maximum atomic E-state index is 3.45. The van der Waals surface area contributed by atoms with Crippen molar-refractivity contribution in [3.63, 3.8) is 0 Å². The molecule has 0 aliphatic carbocycles. The van der Waals surface area contributed by atoms with Crippen molar-refractivity contribution in [3.8, 4) is 23.7 Å². The van der Waals surface area contributed by atoms with Crippen molar-refractivity contribution in [1.82, 2.24) is 0 Å². The molecule has 114 valence electrons. The molecule has 0 atom stereocenters. The number of benzene rings is 3. The van der Waals surface area contributed by atoms with Gasteiger partial charge in [-0.15, -0.1) is 0 Å². The maximum Gasteiger partial charge on any atom is 0.0260 e. The SMILES string of the molecule is Brc1cccc(C#Cc2ccc(C#Cc3cccc(Br)c3)cc2)c1. The standard InChI is InChI=1S/C22H12Br2/c23-21-5-1-3-19(15-21)13-11-17-7-9-18(10-8-17)12-14-20-4-2-6-22(24)16-20/h1-10,15-16H. The molecule has 0 bridgehead atoms. The Morgan fingerprint density at radius 2 is 0.833 bits per heavy atom. The third kappa shape index (κ3) is 4.87. The molecule has 0 saturated carbocycles. The van der Waals surface area contributed by atoms with E-state index < -0.39 is 0 Å². The van der Waals surface area contributed by atoms with E-state index in [1.165, 1.54) is 0 Å². The smallest absolute Gasteiger partial charge is 0.0260 e. The lowest BCUT2D eigenvalue weighted by Gasteiger charge is -1.94. The quantitative estimate of drug-likeness (QED) is 0.379. The largest absolute Gasteiger partial charge is 0.0617 e. The summed E-state index contributed by atoms with van der Waals surface area (Å²) in [5, 5.41) is 0. The summed E-state index contributed by atoms with van der Waals surface area (Å²) < 4.78 is 2.07. The Morgan fingerprint density at radius 1 is 0.458 bits per heavy atom. The van der Waals surface area contributed by atoms with Gasteiger partial charge in [0, 0.05) is 31.2 Å². The van der Waals surface area contributed by atoms with Crippen LogP contribution in [0.1, 0.15) is 22.3 Å². The Hall–Kier alpha value is -2.26. The van der Waals surface area contributed by atoms with E-state index in [1.54, 1.807) is 0 Å². The van der Waals surface area contributed by atoms with Crippen LogP contribution in [0.5, 0.6) is 0 Å². The molecule has 0 aliphatic heterocycles. The van der Waals surface area contributed by atoms with Crippen LogP contribution in [0.2, 0.25) is 0 Å². The summed E-state index contributed by atoms with van der Waals surface area (Å²) in [5.41, 5.74) is 3.93. The molecule has 0 aliphatic rings. The number of halogens is 2. The molecule has 0 unspecified atom stereocenters. The molecule has 0 radical (unpaired) electrons. The molecule has 0 heterocycles. The molecule has 3 aromatic rings. The van der Waals surface area contributed by atoms with E-state index in [0.29, 0.717) is 0 Å². The van der Waals surface area contributed by atoms with Gasteiger partial charge in [0.05, 0.1) is 0 Å². The van der Waals surface area contributed by atoms with E-state index in [-0.39, 0.29) is 0 Å². The zero-order chi connectivity index (χ0) is 16.8. The highest BCUT2D eigenvalue weighted by molar-refractivity contribution is 9.10. The van der Waals surface area contributed by atoms with Crippen LogP contribution in [-0.4, -0.2) is 0 Å². The second-order valence-electron chi connectivity index (χ2n) is 5.10. The summed E-state index contributed by atoms with van der Waals surface area (Å²) in [4.78, 5) is 0. The van der Waals surface area contributed by atoms with Gasteiger partial charge in [-0.3, -0.25) is 0 Å². The Morgan fingerprint density at radius 3 is 1.21 bits per heavy atom. The fraction of sp³-hybridized carbons (Fsp3) is 0. The van der Waals surface area contributed by atoms with Crippen molar-refractivity contribution >= 4 is 31.9 Å². The Kier molecular flexibility index (Phi) is 5.55. The maximum absolute atomic E-state index is 3.45. The number of hydrogen-bond acceptors (Lipinski definition) is 0. The van der Waals surface area contributed by atoms with E-state index in [1.807, 2.05) is 72.8 Å². The predicted octanol–water partition coefficient (Wildman–Crippen LogP) is 6.01. The van der Waals surface area contributed by atoms with Gasteiger partial charge in [0.2, 0.25) is 0 Å². The van der Waals surface area contributed by atoms with Crippen LogP contribution in [0.4, 0.5) is 0 Å². The van der Waals surface area contributed by atoms with Gasteiger partial charge in [0.25, 0.3) is 0 Å². The molecule has 3 aromatic carbocycles. The summed E-state index contributed by atoms with van der Waals surface area (Å²) in [7, 11) is 0. The molecule has 0 saturated heterocycles. The molecule has 0 spiro atoms. The first-order valence-electron chi connectivity index (χ1n) is 7.34. The molecule has 0 fully saturated rings. The lowest BCUT2D eigenvalue weighted by molar-refractivity contribution is 1.57. The van der Waals surface area contributed by atoms with Crippen molar-refractivity contribution in [2.24, 2.45) is 0 Å². The molecule has 0 aromatic heterocycles. The summed E-state index contributed by atoms with van der Waals surface area (Å²) in [6.07, 6.45) is 0. The molecule has 0 nitrogen and oxygen atoms in total. The first-order valence-corrected chi connectivity index (χ1v) is 8.93. The van der Waals surface area contributed by atoms with Crippen LogP contribution in [0, 0.1) is 23.7 Å². The van der Waals surface area contributed by atoms with Crippen LogP contribution in [0.3, 0.4) is 0 Å². The molecular formula is C22H12Br2. The average Bonchev–Trinajstić information content (AvgIpc) is 2.59.